The molecule has 1 aromatic heterocycles. The average molecular weight is 308 g/mol. The van der Waals surface area contributed by atoms with Crippen LogP contribution in [0.4, 0.5) is 0 Å². The first kappa shape index (κ1) is 16.5. The lowest BCUT2D eigenvalue weighted by atomic mass is 10.1. The predicted molar refractivity (Wildman–Crippen MR) is 80.5 cm³/mol. The number of Topliss-reactive ketones (excluding diaryl/α,β-unsaturated/α-hetero) is 1. The summed E-state index contributed by atoms with van der Waals surface area (Å²) in [5, 5.41) is 0. The predicted octanol–water partition coefficient (Wildman–Crippen LogP) is 4.28. The lowest BCUT2D eigenvalue weighted by Crippen LogP contribution is -2.06. The number of allylic oxidation sites excluding steroid dienone is 4. The fraction of sp³-hybridized carbons (Fsp3) is 0.200. The van der Waals surface area contributed by atoms with Gasteiger partial charge in [-0.3, -0.25) is 9.78 Å². The van der Waals surface area contributed by atoms with E-state index in [1.54, 1.807) is 18.3 Å². The molecule has 0 spiro atoms. The third kappa shape index (κ3) is 5.73. The maximum absolute atomic E-state index is 11.8. The Hall–Kier alpha value is -1.48. The lowest BCUT2D eigenvalue weighted by molar-refractivity contribution is -0.114. The topological polar surface area (TPSA) is 30.0 Å². The molecule has 1 aromatic rings. The SMILES string of the molecule is C=C/C=C(\C=C)C(=O)Cc1cc(Br)ccn1.CC. The fourth-order valence-corrected chi connectivity index (χ4v) is 1.60. The number of halogens is 1. The van der Waals surface area contributed by atoms with E-state index in [-0.39, 0.29) is 12.2 Å². The molecular formula is C15H18BrNO. The molecule has 0 atom stereocenters. The molecule has 0 aromatic carbocycles. The number of ketones is 1. The van der Waals surface area contributed by atoms with E-state index in [4.69, 9.17) is 0 Å². The zero-order valence-electron chi connectivity index (χ0n) is 10.8. The number of hydrogen-bond acceptors (Lipinski definition) is 2. The summed E-state index contributed by atoms with van der Waals surface area (Å²) in [6.45, 7) is 11.1. The van der Waals surface area contributed by atoms with Crippen LogP contribution >= 0.6 is 15.9 Å². The van der Waals surface area contributed by atoms with Crippen LogP contribution in [0.3, 0.4) is 0 Å². The molecule has 0 fully saturated rings. The Labute approximate surface area is 117 Å². The van der Waals surface area contributed by atoms with Crippen LogP contribution in [0, 0.1) is 0 Å². The highest BCUT2D eigenvalue weighted by Gasteiger charge is 2.07. The first-order valence-corrected chi connectivity index (χ1v) is 6.55. The second-order valence-corrected chi connectivity index (χ2v) is 4.04. The van der Waals surface area contributed by atoms with Gasteiger partial charge in [0.1, 0.15) is 0 Å². The van der Waals surface area contributed by atoms with Gasteiger partial charge < -0.3 is 0 Å². The number of aromatic nitrogens is 1. The van der Waals surface area contributed by atoms with E-state index < -0.39 is 0 Å². The second kappa shape index (κ2) is 9.54. The summed E-state index contributed by atoms with van der Waals surface area (Å²) < 4.78 is 0.915. The smallest absolute Gasteiger partial charge is 0.168 e. The molecular weight excluding hydrogens is 290 g/mol. The van der Waals surface area contributed by atoms with Gasteiger partial charge in [-0.05, 0) is 12.1 Å². The van der Waals surface area contributed by atoms with E-state index in [0.717, 1.165) is 10.2 Å². The van der Waals surface area contributed by atoms with Gasteiger partial charge in [-0.25, -0.2) is 0 Å². The molecule has 0 radical (unpaired) electrons. The molecule has 0 aliphatic rings. The van der Waals surface area contributed by atoms with Gasteiger partial charge in [0.25, 0.3) is 0 Å². The van der Waals surface area contributed by atoms with Gasteiger partial charge in [-0.15, -0.1) is 0 Å². The van der Waals surface area contributed by atoms with E-state index in [1.165, 1.54) is 6.08 Å². The van der Waals surface area contributed by atoms with E-state index in [0.29, 0.717) is 5.57 Å². The summed E-state index contributed by atoms with van der Waals surface area (Å²) in [6.07, 6.45) is 6.68. The molecule has 0 saturated heterocycles. The van der Waals surface area contributed by atoms with Crippen molar-refractivity contribution < 1.29 is 4.79 Å². The van der Waals surface area contributed by atoms with Crippen LogP contribution in [0.2, 0.25) is 0 Å². The maximum atomic E-state index is 11.8. The van der Waals surface area contributed by atoms with Crippen molar-refractivity contribution in [2.24, 2.45) is 0 Å². The van der Waals surface area contributed by atoms with Crippen molar-refractivity contribution >= 4 is 21.7 Å². The van der Waals surface area contributed by atoms with Crippen molar-refractivity contribution in [2.75, 3.05) is 0 Å². The van der Waals surface area contributed by atoms with Crippen LogP contribution in [0.1, 0.15) is 19.5 Å². The van der Waals surface area contributed by atoms with Crippen molar-refractivity contribution in [3.05, 3.63) is 65.5 Å². The summed E-state index contributed by atoms with van der Waals surface area (Å²) in [5.41, 5.74) is 1.29. The van der Waals surface area contributed by atoms with Gasteiger partial charge in [0.05, 0.1) is 6.42 Å². The van der Waals surface area contributed by atoms with Crippen LogP contribution < -0.4 is 0 Å². The molecule has 1 heterocycles. The summed E-state index contributed by atoms with van der Waals surface area (Å²) >= 11 is 3.33. The molecule has 96 valence electrons. The molecule has 18 heavy (non-hydrogen) atoms. The van der Waals surface area contributed by atoms with E-state index in [2.05, 4.69) is 34.1 Å². The quantitative estimate of drug-likeness (QED) is 0.600. The molecule has 0 aliphatic heterocycles. The minimum absolute atomic E-state index is 0.0134. The van der Waals surface area contributed by atoms with Crippen LogP contribution in [-0.4, -0.2) is 10.8 Å². The molecule has 0 aliphatic carbocycles. The minimum Gasteiger partial charge on any atom is -0.294 e. The third-order valence-corrected chi connectivity index (χ3v) is 2.45. The average Bonchev–Trinajstić information content (AvgIpc) is 2.38. The lowest BCUT2D eigenvalue weighted by Gasteiger charge is -2.01. The van der Waals surface area contributed by atoms with Crippen molar-refractivity contribution in [1.29, 1.82) is 0 Å². The Morgan fingerprint density at radius 2 is 2.11 bits per heavy atom. The molecule has 0 bridgehead atoms. The van der Waals surface area contributed by atoms with Gasteiger partial charge in [-0.1, -0.05) is 61.2 Å². The second-order valence-electron chi connectivity index (χ2n) is 3.13. The number of hydrogen-bond donors (Lipinski definition) is 0. The molecule has 0 saturated carbocycles. The maximum Gasteiger partial charge on any atom is 0.168 e. The van der Waals surface area contributed by atoms with Gasteiger partial charge in [-0.2, -0.15) is 0 Å². The zero-order chi connectivity index (χ0) is 14.0. The van der Waals surface area contributed by atoms with E-state index in [9.17, 15) is 4.79 Å². The Morgan fingerprint density at radius 1 is 1.44 bits per heavy atom. The summed E-state index contributed by atoms with van der Waals surface area (Å²) in [4.78, 5) is 15.9. The number of carbonyl (C=O) groups is 1. The van der Waals surface area contributed by atoms with E-state index >= 15 is 0 Å². The normalized spacial score (nSPS) is 10.1. The molecule has 0 amide bonds. The van der Waals surface area contributed by atoms with E-state index in [1.807, 2.05) is 26.0 Å². The van der Waals surface area contributed by atoms with Crippen LogP contribution in [-0.2, 0) is 11.2 Å². The van der Waals surface area contributed by atoms with Gasteiger partial charge in [0.2, 0.25) is 0 Å². The van der Waals surface area contributed by atoms with Gasteiger partial charge in [0.15, 0.2) is 5.78 Å². The molecule has 2 nitrogen and oxygen atoms in total. The van der Waals surface area contributed by atoms with Crippen molar-refractivity contribution in [3.8, 4) is 0 Å². The summed E-state index contributed by atoms with van der Waals surface area (Å²) in [7, 11) is 0. The van der Waals surface area contributed by atoms with Crippen molar-refractivity contribution in [2.45, 2.75) is 20.3 Å². The zero-order valence-corrected chi connectivity index (χ0v) is 12.4. The van der Waals surface area contributed by atoms with Crippen LogP contribution in [0.25, 0.3) is 0 Å². The summed E-state index contributed by atoms with van der Waals surface area (Å²) in [6, 6.07) is 3.65. The Balaban J connectivity index is 0.00000137. The third-order valence-electron chi connectivity index (χ3n) is 1.96. The van der Waals surface area contributed by atoms with Gasteiger partial charge in [0, 0.05) is 21.9 Å². The van der Waals surface area contributed by atoms with Gasteiger partial charge >= 0.3 is 0 Å². The van der Waals surface area contributed by atoms with Crippen LogP contribution in [0.15, 0.2) is 59.8 Å². The van der Waals surface area contributed by atoms with Crippen LogP contribution in [0.5, 0.6) is 0 Å². The molecule has 0 unspecified atom stereocenters. The molecule has 3 heteroatoms. The Bertz CT molecular complexity index is 450. The largest absolute Gasteiger partial charge is 0.294 e. The number of rotatable bonds is 5. The van der Waals surface area contributed by atoms with Crippen molar-refractivity contribution in [3.63, 3.8) is 0 Å². The number of nitrogens with zero attached hydrogens (tertiary/aromatic N) is 1. The standard InChI is InChI=1S/C13H12BrNO.C2H6/c1-3-5-10(4-2)13(16)9-12-8-11(14)6-7-15-12;1-2/h3-8H,1-2,9H2;1-2H3/b10-5+;. The highest BCUT2D eigenvalue weighted by Crippen LogP contribution is 2.11. The molecule has 1 rings (SSSR count). The monoisotopic (exact) mass is 307 g/mol. The first-order valence-electron chi connectivity index (χ1n) is 5.76. The highest BCUT2D eigenvalue weighted by molar-refractivity contribution is 9.10. The summed E-state index contributed by atoms with van der Waals surface area (Å²) in [5.74, 6) is -0.0134. The van der Waals surface area contributed by atoms with Crippen molar-refractivity contribution in [1.82, 2.24) is 4.98 Å². The fourth-order valence-electron chi connectivity index (χ4n) is 1.21. The Morgan fingerprint density at radius 3 is 2.61 bits per heavy atom. The minimum atomic E-state index is -0.0134. The number of pyridine rings is 1. The Kier molecular flexibility index (Phi) is 8.76. The first-order chi connectivity index (χ1) is 8.67. The molecule has 0 N–H and O–H groups in total. The number of carbonyl (C=O) groups excluding carboxylic acids is 1. The highest BCUT2D eigenvalue weighted by atomic mass is 79.9.